The van der Waals surface area contributed by atoms with Crippen LogP contribution in [0.4, 0.5) is 0 Å². The second-order valence-corrected chi connectivity index (χ2v) is 10.2. The molecule has 0 bridgehead atoms. The monoisotopic (exact) mass is 396 g/mol. The number of benzene rings is 2. The van der Waals surface area contributed by atoms with Gasteiger partial charge in [-0.25, -0.2) is 9.34 Å². The maximum Gasteiger partial charge on any atom is 0.224 e. The van der Waals surface area contributed by atoms with E-state index >= 15 is 0 Å². The van der Waals surface area contributed by atoms with Crippen molar-refractivity contribution in [2.24, 2.45) is 5.92 Å². The molecule has 0 radical (unpaired) electrons. The minimum Gasteiger partial charge on any atom is -0.299 e. The fourth-order valence-corrected chi connectivity index (χ4v) is 6.68. The summed E-state index contributed by atoms with van der Waals surface area (Å²) in [6.07, 6.45) is 2.48. The lowest BCUT2D eigenvalue weighted by molar-refractivity contribution is -0.119. The van der Waals surface area contributed by atoms with Gasteiger partial charge >= 0.3 is 0 Å². The first-order valence-corrected chi connectivity index (χ1v) is 11.6. The molecule has 28 heavy (non-hydrogen) atoms. The summed E-state index contributed by atoms with van der Waals surface area (Å²) in [5.74, 6) is -0.0951. The van der Waals surface area contributed by atoms with Crippen molar-refractivity contribution in [2.75, 3.05) is 19.3 Å². The second-order valence-electron chi connectivity index (χ2n) is 7.46. The van der Waals surface area contributed by atoms with E-state index in [0.717, 1.165) is 11.1 Å². The zero-order valence-electron chi connectivity index (χ0n) is 16.5. The van der Waals surface area contributed by atoms with Crippen molar-refractivity contribution in [1.29, 1.82) is 0 Å². The van der Waals surface area contributed by atoms with Crippen LogP contribution < -0.4 is 0 Å². The molecular formula is C23H29N2O2P. The first-order chi connectivity index (χ1) is 13.5. The lowest BCUT2D eigenvalue weighted by Crippen LogP contribution is -2.27. The highest BCUT2D eigenvalue weighted by molar-refractivity contribution is 7.60. The van der Waals surface area contributed by atoms with Gasteiger partial charge in [0.05, 0.1) is 6.16 Å². The Labute approximate surface area is 168 Å². The van der Waals surface area contributed by atoms with Gasteiger partial charge in [0.2, 0.25) is 7.44 Å². The summed E-state index contributed by atoms with van der Waals surface area (Å²) in [7, 11) is -2.97. The van der Waals surface area contributed by atoms with Crippen LogP contribution in [0.5, 0.6) is 0 Å². The van der Waals surface area contributed by atoms with Crippen molar-refractivity contribution >= 4 is 13.2 Å². The Hall–Kier alpha value is -2.00. The molecule has 1 fully saturated rings. The van der Waals surface area contributed by atoms with Crippen molar-refractivity contribution in [3.8, 4) is 0 Å². The topological polar surface area (TPSA) is 40.6 Å². The summed E-state index contributed by atoms with van der Waals surface area (Å²) < 4.78 is 18.3. The molecule has 4 nitrogen and oxygen atoms in total. The van der Waals surface area contributed by atoms with Crippen LogP contribution in [-0.4, -0.2) is 34.4 Å². The number of carbonyl (C=O) groups excluding carboxylic acids is 1. The quantitative estimate of drug-likeness (QED) is 0.443. The Bertz CT molecular complexity index is 785. The van der Waals surface area contributed by atoms with Gasteiger partial charge in [0.25, 0.3) is 0 Å². The highest BCUT2D eigenvalue weighted by Crippen LogP contribution is 2.58. The van der Waals surface area contributed by atoms with Crippen LogP contribution in [0.1, 0.15) is 24.5 Å². The molecule has 2 aromatic rings. The van der Waals surface area contributed by atoms with Crippen LogP contribution in [0.15, 0.2) is 73.3 Å². The minimum absolute atomic E-state index is 0.0567. The Balaban J connectivity index is 1.83. The number of ketones is 1. The number of nitrogens with zero attached hydrogens (tertiary/aromatic N) is 2. The third-order valence-corrected chi connectivity index (χ3v) is 8.52. The van der Waals surface area contributed by atoms with Crippen LogP contribution in [0.25, 0.3) is 0 Å². The molecule has 1 saturated heterocycles. The summed E-state index contributed by atoms with van der Waals surface area (Å²) in [4.78, 5) is 12.8. The van der Waals surface area contributed by atoms with Gasteiger partial charge < -0.3 is 0 Å². The lowest BCUT2D eigenvalue weighted by atomic mass is 10.0. The molecule has 5 heteroatoms. The molecule has 0 unspecified atom stereocenters. The van der Waals surface area contributed by atoms with E-state index in [-0.39, 0.29) is 17.9 Å². The van der Waals surface area contributed by atoms with Crippen LogP contribution in [0.2, 0.25) is 0 Å². The molecule has 0 saturated carbocycles. The second kappa shape index (κ2) is 9.47. The smallest absolute Gasteiger partial charge is 0.224 e. The third kappa shape index (κ3) is 4.88. The van der Waals surface area contributed by atoms with E-state index in [4.69, 9.17) is 0 Å². The summed E-state index contributed by atoms with van der Waals surface area (Å²) >= 11 is 0. The first-order valence-electron chi connectivity index (χ1n) is 9.84. The SMILES string of the molecule is C=CC[C@@H](C)C(=O)CP1(=O)N(Cc2ccccc2)CCN1Cc1ccccc1. The van der Waals surface area contributed by atoms with E-state index < -0.39 is 7.44 Å². The van der Waals surface area contributed by atoms with Gasteiger partial charge in [-0.1, -0.05) is 73.7 Å². The van der Waals surface area contributed by atoms with Crippen molar-refractivity contribution in [3.05, 3.63) is 84.4 Å². The molecule has 3 rings (SSSR count). The van der Waals surface area contributed by atoms with Crippen molar-refractivity contribution in [1.82, 2.24) is 9.34 Å². The van der Waals surface area contributed by atoms with E-state index in [1.54, 1.807) is 6.08 Å². The van der Waals surface area contributed by atoms with E-state index in [0.29, 0.717) is 32.6 Å². The van der Waals surface area contributed by atoms with Crippen LogP contribution in [0.3, 0.4) is 0 Å². The van der Waals surface area contributed by atoms with Crippen molar-refractivity contribution in [2.45, 2.75) is 26.4 Å². The normalized spacial score (nSPS) is 18.0. The van der Waals surface area contributed by atoms with Crippen LogP contribution in [-0.2, 0) is 22.4 Å². The Morgan fingerprint density at radius 2 is 1.46 bits per heavy atom. The standard InChI is InChI=1S/C23H29N2O2P/c1-3-10-20(2)23(26)19-28(27)24(17-21-11-6-4-7-12-21)15-16-25(28)18-22-13-8-5-9-14-22/h3-9,11-14,20H,1,10,15-19H2,2H3/t20-/m1/s1. The molecule has 0 aliphatic carbocycles. The molecule has 0 N–H and O–H groups in total. The van der Waals surface area contributed by atoms with Gasteiger partial charge in [0, 0.05) is 32.1 Å². The van der Waals surface area contributed by atoms with Crippen molar-refractivity contribution in [3.63, 3.8) is 0 Å². The molecule has 0 aromatic heterocycles. The van der Waals surface area contributed by atoms with E-state index in [9.17, 15) is 9.36 Å². The van der Waals surface area contributed by atoms with Crippen molar-refractivity contribution < 1.29 is 9.36 Å². The molecule has 1 heterocycles. The lowest BCUT2D eigenvalue weighted by Gasteiger charge is -2.31. The highest BCUT2D eigenvalue weighted by atomic mass is 31.2. The molecule has 2 aromatic carbocycles. The van der Waals surface area contributed by atoms with Gasteiger partial charge in [0.15, 0.2) is 0 Å². The maximum absolute atomic E-state index is 14.2. The van der Waals surface area contributed by atoms with E-state index in [1.165, 1.54) is 0 Å². The average molecular weight is 396 g/mol. The zero-order valence-corrected chi connectivity index (χ0v) is 17.4. The highest BCUT2D eigenvalue weighted by Gasteiger charge is 2.44. The molecule has 0 spiro atoms. The first kappa shape index (κ1) is 20.7. The maximum atomic E-state index is 14.2. The predicted octanol–water partition coefficient (Wildman–Crippen LogP) is 4.98. The number of Topliss-reactive ketones (excluding diaryl/α,β-unsaturated/α-hetero) is 1. The van der Waals surface area contributed by atoms with Gasteiger partial charge in [-0.2, -0.15) is 0 Å². The number of allylic oxidation sites excluding steroid dienone is 1. The number of rotatable bonds is 9. The molecule has 1 atom stereocenters. The van der Waals surface area contributed by atoms with Crippen LogP contribution in [0, 0.1) is 5.92 Å². The summed E-state index contributed by atoms with van der Waals surface area (Å²) in [5, 5.41) is 0. The Morgan fingerprint density at radius 1 is 1.00 bits per heavy atom. The number of hydrogen-bond acceptors (Lipinski definition) is 2. The third-order valence-electron chi connectivity index (χ3n) is 5.35. The van der Waals surface area contributed by atoms with Gasteiger partial charge in [0.1, 0.15) is 5.78 Å². The molecule has 0 amide bonds. The van der Waals surface area contributed by atoms with Gasteiger partial charge in [-0.3, -0.25) is 9.36 Å². The summed E-state index contributed by atoms with van der Waals surface area (Å²) in [6, 6.07) is 20.1. The predicted molar refractivity (Wildman–Crippen MR) is 115 cm³/mol. The molecular weight excluding hydrogens is 367 g/mol. The minimum atomic E-state index is -2.97. The molecule has 148 valence electrons. The van der Waals surface area contributed by atoms with Crippen LogP contribution >= 0.6 is 7.44 Å². The zero-order chi connectivity index (χ0) is 20.0. The average Bonchev–Trinajstić information content (AvgIpc) is 2.99. The fraction of sp³-hybridized carbons (Fsp3) is 0.348. The van der Waals surface area contributed by atoms with Gasteiger partial charge in [-0.05, 0) is 17.5 Å². The van der Waals surface area contributed by atoms with E-state index in [2.05, 4.69) is 6.58 Å². The largest absolute Gasteiger partial charge is 0.299 e. The van der Waals surface area contributed by atoms with Gasteiger partial charge in [-0.15, -0.1) is 6.58 Å². The van der Waals surface area contributed by atoms with E-state index in [1.807, 2.05) is 76.9 Å². The Morgan fingerprint density at radius 3 is 1.89 bits per heavy atom. The fourth-order valence-electron chi connectivity index (χ4n) is 3.63. The molecule has 1 aliphatic rings. The number of carbonyl (C=O) groups is 1. The Kier molecular flexibility index (Phi) is 7.01. The number of hydrogen-bond donors (Lipinski definition) is 0. The summed E-state index contributed by atoms with van der Waals surface area (Å²) in [5.41, 5.74) is 2.24. The molecule has 1 aliphatic heterocycles. The summed E-state index contributed by atoms with van der Waals surface area (Å²) in [6.45, 7) is 8.26.